The van der Waals surface area contributed by atoms with Crippen LogP contribution in [0.3, 0.4) is 0 Å². The number of hydrogen-bond donors (Lipinski definition) is 4. The predicted octanol–water partition coefficient (Wildman–Crippen LogP) is 1.68. The van der Waals surface area contributed by atoms with Crippen molar-refractivity contribution in [3.63, 3.8) is 0 Å². The van der Waals surface area contributed by atoms with Crippen molar-refractivity contribution < 1.29 is 30.0 Å². The number of aldehydes is 1. The van der Waals surface area contributed by atoms with Crippen LogP contribution in [0.25, 0.3) is 0 Å². The molecule has 2 fully saturated rings. The summed E-state index contributed by atoms with van der Waals surface area (Å²) in [4.78, 5) is 11.3. The lowest BCUT2D eigenvalue weighted by atomic mass is 9.90. The SMILES string of the molecule is O=CC1(c2ccc(Cc3cc(C4O[C@H](CO)[C@@H](O)[C@H](O)C4O)ccc3Cl)cc2)CC1. The highest BCUT2D eigenvalue weighted by atomic mass is 35.5. The number of rotatable bonds is 6. The molecule has 0 aromatic heterocycles. The molecule has 1 heterocycles. The fourth-order valence-corrected chi connectivity index (χ4v) is 4.25. The molecule has 4 rings (SSSR count). The molecule has 6 nitrogen and oxygen atoms in total. The van der Waals surface area contributed by atoms with Crippen LogP contribution < -0.4 is 0 Å². The summed E-state index contributed by atoms with van der Waals surface area (Å²) < 4.78 is 5.65. The number of benzene rings is 2. The van der Waals surface area contributed by atoms with Crippen molar-refractivity contribution in [3.05, 3.63) is 69.7 Å². The van der Waals surface area contributed by atoms with E-state index < -0.39 is 37.1 Å². The van der Waals surface area contributed by atoms with Gasteiger partial charge in [0.15, 0.2) is 0 Å². The maximum Gasteiger partial charge on any atom is 0.130 e. The zero-order valence-corrected chi connectivity index (χ0v) is 17.1. The lowest BCUT2D eigenvalue weighted by molar-refractivity contribution is -0.231. The van der Waals surface area contributed by atoms with E-state index in [1.807, 2.05) is 24.3 Å². The summed E-state index contributed by atoms with van der Waals surface area (Å²) in [6.07, 6.45) is -2.68. The summed E-state index contributed by atoms with van der Waals surface area (Å²) in [7, 11) is 0. The number of aliphatic hydroxyl groups excluding tert-OH is 4. The molecule has 2 aromatic carbocycles. The second kappa shape index (κ2) is 8.38. The Bertz CT molecular complexity index is 908. The molecule has 4 N–H and O–H groups in total. The molecule has 0 spiro atoms. The molecular formula is C23H25ClO6. The van der Waals surface area contributed by atoms with Crippen LogP contribution in [0.15, 0.2) is 42.5 Å². The van der Waals surface area contributed by atoms with Gasteiger partial charge >= 0.3 is 0 Å². The molecule has 2 aromatic rings. The first-order chi connectivity index (χ1) is 14.4. The number of hydrogen-bond acceptors (Lipinski definition) is 6. The number of ether oxygens (including phenoxy) is 1. The second-order valence-electron chi connectivity index (χ2n) is 8.25. The van der Waals surface area contributed by atoms with Gasteiger partial charge in [-0.1, -0.05) is 48.0 Å². The molecule has 1 saturated heterocycles. The van der Waals surface area contributed by atoms with E-state index in [9.17, 15) is 25.2 Å². The van der Waals surface area contributed by atoms with Crippen molar-refractivity contribution >= 4 is 17.9 Å². The van der Waals surface area contributed by atoms with E-state index in [0.29, 0.717) is 17.0 Å². The van der Waals surface area contributed by atoms with E-state index >= 15 is 0 Å². The largest absolute Gasteiger partial charge is 0.394 e. The van der Waals surface area contributed by atoms with E-state index in [-0.39, 0.29) is 5.41 Å². The first-order valence-electron chi connectivity index (χ1n) is 10.0. The zero-order valence-electron chi connectivity index (χ0n) is 16.3. The highest BCUT2D eigenvalue weighted by Crippen LogP contribution is 2.46. The van der Waals surface area contributed by atoms with Gasteiger partial charge in [-0.05, 0) is 47.6 Å². The molecule has 160 valence electrons. The van der Waals surface area contributed by atoms with Crippen molar-refractivity contribution in [2.24, 2.45) is 0 Å². The van der Waals surface area contributed by atoms with Crippen LogP contribution in [-0.4, -0.2) is 57.7 Å². The minimum Gasteiger partial charge on any atom is -0.394 e. The van der Waals surface area contributed by atoms with Crippen LogP contribution in [0.5, 0.6) is 0 Å². The number of carbonyl (C=O) groups excluding carboxylic acids is 1. The molecule has 0 radical (unpaired) electrons. The molecule has 1 aliphatic heterocycles. The smallest absolute Gasteiger partial charge is 0.130 e. The van der Waals surface area contributed by atoms with Crippen LogP contribution in [-0.2, 0) is 21.4 Å². The van der Waals surface area contributed by atoms with Crippen molar-refractivity contribution in [3.8, 4) is 0 Å². The van der Waals surface area contributed by atoms with Gasteiger partial charge in [0.2, 0.25) is 0 Å². The highest BCUT2D eigenvalue weighted by molar-refractivity contribution is 6.31. The standard InChI is InChI=1S/C23H25ClO6/c24-17-6-3-14(22-21(29)20(28)19(27)18(11-25)30-22)10-15(17)9-13-1-4-16(5-2-13)23(12-26)7-8-23/h1-6,10,12,18-22,25,27-29H,7-9,11H2/t18-,19-,20+,21?,22?/m1/s1. The third kappa shape index (κ3) is 3.91. The van der Waals surface area contributed by atoms with Gasteiger partial charge in [0.25, 0.3) is 0 Å². The minimum absolute atomic E-state index is 0.306. The Labute approximate surface area is 179 Å². The van der Waals surface area contributed by atoms with Crippen LogP contribution in [0, 0.1) is 0 Å². The Morgan fingerprint density at radius 3 is 2.33 bits per heavy atom. The molecule has 1 aliphatic carbocycles. The Morgan fingerprint density at radius 1 is 1.03 bits per heavy atom. The van der Waals surface area contributed by atoms with Gasteiger partial charge in [0.05, 0.1) is 12.0 Å². The third-order valence-corrected chi connectivity index (χ3v) is 6.60. The zero-order chi connectivity index (χ0) is 21.5. The van der Waals surface area contributed by atoms with E-state index in [2.05, 4.69) is 0 Å². The minimum atomic E-state index is -1.43. The number of carbonyl (C=O) groups is 1. The van der Waals surface area contributed by atoms with Gasteiger partial charge in [-0.25, -0.2) is 0 Å². The first kappa shape index (κ1) is 21.4. The van der Waals surface area contributed by atoms with E-state index in [1.165, 1.54) is 0 Å². The first-order valence-corrected chi connectivity index (χ1v) is 10.4. The molecule has 2 unspecified atom stereocenters. The second-order valence-corrected chi connectivity index (χ2v) is 8.66. The van der Waals surface area contributed by atoms with Gasteiger partial charge in [-0.3, -0.25) is 0 Å². The van der Waals surface area contributed by atoms with Gasteiger partial charge in [0, 0.05) is 5.02 Å². The van der Waals surface area contributed by atoms with Crippen LogP contribution in [0.1, 0.15) is 41.2 Å². The third-order valence-electron chi connectivity index (χ3n) is 6.23. The predicted molar refractivity (Wildman–Crippen MR) is 110 cm³/mol. The van der Waals surface area contributed by atoms with E-state index in [1.54, 1.807) is 18.2 Å². The maximum atomic E-state index is 11.3. The summed E-state index contributed by atoms with van der Waals surface area (Å²) in [5.41, 5.74) is 3.16. The van der Waals surface area contributed by atoms with Crippen LogP contribution in [0.2, 0.25) is 5.02 Å². The molecule has 1 saturated carbocycles. The van der Waals surface area contributed by atoms with E-state index in [4.69, 9.17) is 16.3 Å². The molecule has 0 bridgehead atoms. The molecule has 7 heteroatoms. The highest BCUT2D eigenvalue weighted by Gasteiger charge is 2.45. The Kier molecular flexibility index (Phi) is 5.99. The maximum absolute atomic E-state index is 11.3. The summed E-state index contributed by atoms with van der Waals surface area (Å²) in [5.74, 6) is 0. The average molecular weight is 433 g/mol. The topological polar surface area (TPSA) is 107 Å². The quantitative estimate of drug-likeness (QED) is 0.517. The van der Waals surface area contributed by atoms with Crippen LogP contribution >= 0.6 is 11.6 Å². The van der Waals surface area contributed by atoms with E-state index in [0.717, 1.165) is 35.8 Å². The van der Waals surface area contributed by atoms with Crippen molar-refractivity contribution in [1.82, 2.24) is 0 Å². The summed E-state index contributed by atoms with van der Waals surface area (Å²) in [5, 5.41) is 40.4. The molecular weight excluding hydrogens is 408 g/mol. The molecule has 2 aliphatic rings. The van der Waals surface area contributed by atoms with Crippen LogP contribution in [0.4, 0.5) is 0 Å². The normalized spacial score (nSPS) is 30.1. The lowest BCUT2D eigenvalue weighted by Gasteiger charge is -2.40. The van der Waals surface area contributed by atoms with Gasteiger partial charge < -0.3 is 30.0 Å². The van der Waals surface area contributed by atoms with Crippen molar-refractivity contribution in [2.45, 2.75) is 55.2 Å². The Hall–Kier alpha value is -1.80. The monoisotopic (exact) mass is 432 g/mol. The summed E-state index contributed by atoms with van der Waals surface area (Å²) >= 11 is 6.39. The van der Waals surface area contributed by atoms with Crippen molar-refractivity contribution in [2.75, 3.05) is 6.61 Å². The number of halogens is 1. The van der Waals surface area contributed by atoms with Gasteiger partial charge in [0.1, 0.15) is 36.8 Å². The fourth-order valence-electron chi connectivity index (χ4n) is 4.07. The Balaban J connectivity index is 1.55. The Morgan fingerprint density at radius 2 is 1.73 bits per heavy atom. The van der Waals surface area contributed by atoms with Crippen molar-refractivity contribution in [1.29, 1.82) is 0 Å². The fraction of sp³-hybridized carbons (Fsp3) is 0.435. The van der Waals surface area contributed by atoms with Gasteiger partial charge in [-0.15, -0.1) is 0 Å². The molecule has 5 atom stereocenters. The molecule has 0 amide bonds. The molecule has 30 heavy (non-hydrogen) atoms. The number of aliphatic hydroxyl groups is 4. The van der Waals surface area contributed by atoms with Gasteiger partial charge in [-0.2, -0.15) is 0 Å². The summed E-state index contributed by atoms with van der Waals surface area (Å²) in [6.45, 7) is -0.476. The lowest BCUT2D eigenvalue weighted by Crippen LogP contribution is -2.55. The average Bonchev–Trinajstić information content (AvgIpc) is 3.56. The summed E-state index contributed by atoms with van der Waals surface area (Å²) in [6, 6.07) is 13.1.